The van der Waals surface area contributed by atoms with E-state index in [1.807, 2.05) is 0 Å². The summed E-state index contributed by atoms with van der Waals surface area (Å²) in [5, 5.41) is 2.73. The molecule has 0 spiro atoms. The molecule has 3 N–H and O–H groups in total. The Bertz CT molecular complexity index is 445. The molecule has 2 rings (SSSR count). The summed E-state index contributed by atoms with van der Waals surface area (Å²) in [5.74, 6) is -1.13. The highest BCUT2D eigenvalue weighted by atomic mass is 19.1. The van der Waals surface area contributed by atoms with Gasteiger partial charge in [-0.25, -0.2) is 8.78 Å². The molecule has 104 valence electrons. The number of carbonyl (C=O) groups excluding carboxylic acids is 1. The lowest BCUT2D eigenvalue weighted by Crippen LogP contribution is -2.32. The Labute approximate surface area is 111 Å². The van der Waals surface area contributed by atoms with Crippen molar-refractivity contribution in [3.05, 3.63) is 35.4 Å². The van der Waals surface area contributed by atoms with Crippen LogP contribution in [0.15, 0.2) is 18.2 Å². The second kappa shape index (κ2) is 6.10. The van der Waals surface area contributed by atoms with Crippen molar-refractivity contribution in [3.8, 4) is 0 Å². The standard InChI is InChI=1S/C14H18F2N2O/c15-12-4-11(5-13(16)6-12)14(19)18-8-10-3-1-2-9(10)7-17/h4-6,9-10H,1-3,7-8,17H2,(H,18,19). The Morgan fingerprint density at radius 1 is 1.21 bits per heavy atom. The Morgan fingerprint density at radius 2 is 1.84 bits per heavy atom. The first-order valence-corrected chi connectivity index (χ1v) is 6.54. The van der Waals surface area contributed by atoms with Crippen molar-refractivity contribution in [1.82, 2.24) is 5.32 Å². The van der Waals surface area contributed by atoms with Crippen LogP contribution >= 0.6 is 0 Å². The van der Waals surface area contributed by atoms with Crippen LogP contribution in [-0.2, 0) is 0 Å². The van der Waals surface area contributed by atoms with E-state index in [2.05, 4.69) is 5.32 Å². The zero-order valence-electron chi connectivity index (χ0n) is 10.7. The molecular weight excluding hydrogens is 250 g/mol. The van der Waals surface area contributed by atoms with E-state index in [-0.39, 0.29) is 5.56 Å². The number of hydrogen-bond acceptors (Lipinski definition) is 2. The van der Waals surface area contributed by atoms with Gasteiger partial charge in [-0.3, -0.25) is 4.79 Å². The fourth-order valence-corrected chi connectivity index (χ4v) is 2.70. The average Bonchev–Trinajstić information content (AvgIpc) is 2.82. The van der Waals surface area contributed by atoms with E-state index >= 15 is 0 Å². The lowest BCUT2D eigenvalue weighted by atomic mass is 9.96. The third kappa shape index (κ3) is 3.50. The van der Waals surface area contributed by atoms with E-state index in [9.17, 15) is 13.6 Å². The highest BCUT2D eigenvalue weighted by molar-refractivity contribution is 5.94. The number of nitrogens with one attached hydrogen (secondary N) is 1. The molecule has 0 radical (unpaired) electrons. The summed E-state index contributed by atoms with van der Waals surface area (Å²) >= 11 is 0. The van der Waals surface area contributed by atoms with Crippen LogP contribution in [0.1, 0.15) is 29.6 Å². The normalized spacial score (nSPS) is 22.5. The van der Waals surface area contributed by atoms with Crippen LogP contribution in [0.4, 0.5) is 8.78 Å². The Hall–Kier alpha value is -1.49. The quantitative estimate of drug-likeness (QED) is 0.878. The highest BCUT2D eigenvalue weighted by Gasteiger charge is 2.26. The van der Waals surface area contributed by atoms with Crippen LogP contribution in [0.3, 0.4) is 0 Å². The second-order valence-electron chi connectivity index (χ2n) is 5.05. The van der Waals surface area contributed by atoms with E-state index < -0.39 is 17.5 Å². The number of rotatable bonds is 4. The molecule has 1 saturated carbocycles. The highest BCUT2D eigenvalue weighted by Crippen LogP contribution is 2.30. The van der Waals surface area contributed by atoms with Crippen molar-refractivity contribution in [2.45, 2.75) is 19.3 Å². The predicted octanol–water partition coefficient (Wildman–Crippen LogP) is 2.07. The number of carbonyl (C=O) groups is 1. The Balaban J connectivity index is 1.94. The van der Waals surface area contributed by atoms with Crippen LogP contribution in [-0.4, -0.2) is 19.0 Å². The first kappa shape index (κ1) is 13.9. The number of amides is 1. The summed E-state index contributed by atoms with van der Waals surface area (Å²) in [6.07, 6.45) is 3.25. The molecule has 0 bridgehead atoms. The second-order valence-corrected chi connectivity index (χ2v) is 5.05. The molecule has 1 aliphatic carbocycles. The monoisotopic (exact) mass is 268 g/mol. The number of benzene rings is 1. The SMILES string of the molecule is NCC1CCCC1CNC(=O)c1cc(F)cc(F)c1. The Kier molecular flexibility index (Phi) is 4.47. The lowest BCUT2D eigenvalue weighted by molar-refractivity contribution is 0.0943. The van der Waals surface area contributed by atoms with Crippen LogP contribution in [0.25, 0.3) is 0 Å². The zero-order valence-corrected chi connectivity index (χ0v) is 10.7. The van der Waals surface area contributed by atoms with Gasteiger partial charge >= 0.3 is 0 Å². The van der Waals surface area contributed by atoms with Gasteiger partial charge in [-0.2, -0.15) is 0 Å². The van der Waals surface area contributed by atoms with E-state index in [4.69, 9.17) is 5.73 Å². The molecule has 0 saturated heterocycles. The molecule has 19 heavy (non-hydrogen) atoms. The summed E-state index contributed by atoms with van der Waals surface area (Å²) in [6.45, 7) is 1.13. The van der Waals surface area contributed by atoms with Crippen molar-refractivity contribution in [3.63, 3.8) is 0 Å². The van der Waals surface area contributed by atoms with Crippen LogP contribution in [0, 0.1) is 23.5 Å². The summed E-state index contributed by atoms with van der Waals surface area (Å²) in [7, 11) is 0. The van der Waals surface area contributed by atoms with Gasteiger partial charge in [0.05, 0.1) is 0 Å². The molecule has 1 amide bonds. The van der Waals surface area contributed by atoms with Crippen molar-refractivity contribution in [1.29, 1.82) is 0 Å². The third-order valence-corrected chi connectivity index (χ3v) is 3.77. The van der Waals surface area contributed by atoms with Gasteiger partial charge in [0.15, 0.2) is 0 Å². The minimum Gasteiger partial charge on any atom is -0.352 e. The topological polar surface area (TPSA) is 55.1 Å². The van der Waals surface area contributed by atoms with Gasteiger partial charge in [0.1, 0.15) is 11.6 Å². The molecule has 0 aromatic heterocycles. The van der Waals surface area contributed by atoms with Crippen molar-refractivity contribution < 1.29 is 13.6 Å². The van der Waals surface area contributed by atoms with Crippen LogP contribution in [0.2, 0.25) is 0 Å². The molecule has 0 heterocycles. The van der Waals surface area contributed by atoms with Gasteiger partial charge in [-0.05, 0) is 43.4 Å². The third-order valence-electron chi connectivity index (χ3n) is 3.77. The minimum atomic E-state index is -0.745. The summed E-state index contributed by atoms with van der Waals surface area (Å²) in [6, 6.07) is 2.82. The maximum Gasteiger partial charge on any atom is 0.251 e. The number of nitrogens with two attached hydrogens (primary N) is 1. The van der Waals surface area contributed by atoms with Crippen LogP contribution in [0.5, 0.6) is 0 Å². The molecule has 1 fully saturated rings. The maximum atomic E-state index is 13.0. The summed E-state index contributed by atoms with van der Waals surface area (Å²) < 4.78 is 26.0. The van der Waals surface area contributed by atoms with Crippen LogP contribution < -0.4 is 11.1 Å². The van der Waals surface area contributed by atoms with Gasteiger partial charge in [0, 0.05) is 18.2 Å². The van der Waals surface area contributed by atoms with E-state index in [1.165, 1.54) is 0 Å². The molecule has 1 aromatic carbocycles. The van der Waals surface area contributed by atoms with Crippen molar-refractivity contribution >= 4 is 5.91 Å². The number of hydrogen-bond donors (Lipinski definition) is 2. The van der Waals surface area contributed by atoms with Gasteiger partial charge in [-0.15, -0.1) is 0 Å². The Morgan fingerprint density at radius 3 is 2.47 bits per heavy atom. The fourth-order valence-electron chi connectivity index (χ4n) is 2.70. The minimum absolute atomic E-state index is 0.0137. The average molecular weight is 268 g/mol. The summed E-state index contributed by atoms with van der Waals surface area (Å²) in [4.78, 5) is 11.8. The molecule has 5 heteroatoms. The first-order chi connectivity index (χ1) is 9.10. The molecule has 1 aliphatic rings. The molecule has 2 unspecified atom stereocenters. The molecule has 2 atom stereocenters. The van der Waals surface area contributed by atoms with Gasteiger partial charge < -0.3 is 11.1 Å². The maximum absolute atomic E-state index is 13.0. The van der Waals surface area contributed by atoms with Gasteiger partial charge in [0.2, 0.25) is 0 Å². The predicted molar refractivity (Wildman–Crippen MR) is 68.6 cm³/mol. The van der Waals surface area contributed by atoms with E-state index in [0.29, 0.717) is 24.9 Å². The molecular formula is C14H18F2N2O. The van der Waals surface area contributed by atoms with E-state index in [0.717, 1.165) is 37.5 Å². The fraction of sp³-hybridized carbons (Fsp3) is 0.500. The van der Waals surface area contributed by atoms with Crippen molar-refractivity contribution in [2.75, 3.05) is 13.1 Å². The smallest absolute Gasteiger partial charge is 0.251 e. The first-order valence-electron chi connectivity index (χ1n) is 6.54. The molecule has 1 aromatic rings. The summed E-state index contributed by atoms with van der Waals surface area (Å²) in [5.41, 5.74) is 5.68. The van der Waals surface area contributed by atoms with Crippen molar-refractivity contribution in [2.24, 2.45) is 17.6 Å². The number of halogens is 2. The van der Waals surface area contributed by atoms with Gasteiger partial charge in [-0.1, -0.05) is 6.42 Å². The zero-order chi connectivity index (χ0) is 13.8. The van der Waals surface area contributed by atoms with Gasteiger partial charge in [0.25, 0.3) is 5.91 Å². The molecule has 0 aliphatic heterocycles. The molecule has 3 nitrogen and oxygen atoms in total. The largest absolute Gasteiger partial charge is 0.352 e. The van der Waals surface area contributed by atoms with E-state index in [1.54, 1.807) is 0 Å². The lowest BCUT2D eigenvalue weighted by Gasteiger charge is -2.18.